The molecular formula is C14H22N2O2. The van der Waals surface area contributed by atoms with E-state index in [-0.39, 0.29) is 5.91 Å². The molecule has 2 N–H and O–H groups in total. The van der Waals surface area contributed by atoms with Gasteiger partial charge in [0, 0.05) is 13.6 Å². The summed E-state index contributed by atoms with van der Waals surface area (Å²) in [6.45, 7) is 2.59. The van der Waals surface area contributed by atoms with Crippen LogP contribution in [0.3, 0.4) is 0 Å². The van der Waals surface area contributed by atoms with Crippen molar-refractivity contribution >= 4 is 5.91 Å². The molecule has 1 rings (SSSR count). The lowest BCUT2D eigenvalue weighted by Gasteiger charge is -2.21. The molecule has 0 fully saturated rings. The second-order valence-corrected chi connectivity index (χ2v) is 4.44. The maximum absolute atomic E-state index is 11.9. The molecule has 0 aliphatic heterocycles. The third kappa shape index (κ3) is 4.04. The van der Waals surface area contributed by atoms with Crippen LogP contribution in [0.1, 0.15) is 25.3 Å². The number of likely N-dealkylation sites (N-methyl/N-ethyl adjacent to an activating group) is 1. The van der Waals surface area contributed by atoms with E-state index < -0.39 is 6.04 Å². The smallest absolute Gasteiger partial charge is 0.239 e. The van der Waals surface area contributed by atoms with Crippen molar-refractivity contribution in [3.63, 3.8) is 0 Å². The van der Waals surface area contributed by atoms with Crippen molar-refractivity contribution in [2.45, 2.75) is 32.4 Å². The molecule has 4 nitrogen and oxygen atoms in total. The first-order chi connectivity index (χ1) is 8.58. The second-order valence-electron chi connectivity index (χ2n) is 4.44. The Labute approximate surface area is 109 Å². The van der Waals surface area contributed by atoms with Crippen LogP contribution >= 0.6 is 0 Å². The minimum atomic E-state index is -0.391. The zero-order chi connectivity index (χ0) is 13.5. The molecule has 18 heavy (non-hydrogen) atoms. The fraction of sp³-hybridized carbons (Fsp3) is 0.500. The lowest BCUT2D eigenvalue weighted by atomic mass is 10.1. The SMILES string of the molecule is CCCC(N)C(=O)N(C)Cc1ccc(OC)cc1. The number of hydrogen-bond donors (Lipinski definition) is 1. The molecule has 0 aromatic heterocycles. The monoisotopic (exact) mass is 250 g/mol. The summed E-state index contributed by atoms with van der Waals surface area (Å²) in [5.74, 6) is 0.808. The molecule has 0 aliphatic carbocycles. The summed E-state index contributed by atoms with van der Waals surface area (Å²) in [5.41, 5.74) is 6.88. The van der Waals surface area contributed by atoms with E-state index in [4.69, 9.17) is 10.5 Å². The molecule has 0 aliphatic rings. The molecule has 100 valence electrons. The van der Waals surface area contributed by atoms with Crippen LogP contribution in [0.25, 0.3) is 0 Å². The summed E-state index contributed by atoms with van der Waals surface area (Å²) in [7, 11) is 3.41. The lowest BCUT2D eigenvalue weighted by Crippen LogP contribution is -2.41. The van der Waals surface area contributed by atoms with Crippen LogP contribution in [0, 0.1) is 0 Å². The van der Waals surface area contributed by atoms with Gasteiger partial charge in [0.1, 0.15) is 5.75 Å². The molecule has 0 saturated heterocycles. The summed E-state index contributed by atoms with van der Waals surface area (Å²) < 4.78 is 5.09. The molecule has 0 bridgehead atoms. The summed E-state index contributed by atoms with van der Waals surface area (Å²) in [6, 6.07) is 7.29. The molecule has 1 atom stereocenters. The number of benzene rings is 1. The highest BCUT2D eigenvalue weighted by atomic mass is 16.5. The Morgan fingerprint density at radius 1 is 1.39 bits per heavy atom. The normalized spacial score (nSPS) is 12.0. The van der Waals surface area contributed by atoms with E-state index in [1.807, 2.05) is 31.2 Å². The third-order valence-electron chi connectivity index (χ3n) is 2.87. The Hall–Kier alpha value is -1.55. The van der Waals surface area contributed by atoms with Gasteiger partial charge in [-0.3, -0.25) is 4.79 Å². The predicted molar refractivity (Wildman–Crippen MR) is 72.4 cm³/mol. The molecule has 1 unspecified atom stereocenters. The molecule has 1 amide bonds. The first-order valence-electron chi connectivity index (χ1n) is 6.22. The summed E-state index contributed by atoms with van der Waals surface area (Å²) in [6.07, 6.45) is 1.65. The summed E-state index contributed by atoms with van der Waals surface area (Å²) in [4.78, 5) is 13.6. The number of nitrogens with two attached hydrogens (primary N) is 1. The van der Waals surface area contributed by atoms with Gasteiger partial charge in [-0.25, -0.2) is 0 Å². The summed E-state index contributed by atoms with van der Waals surface area (Å²) >= 11 is 0. The van der Waals surface area contributed by atoms with Crippen molar-refractivity contribution in [3.05, 3.63) is 29.8 Å². The van der Waals surface area contributed by atoms with E-state index >= 15 is 0 Å². The maximum atomic E-state index is 11.9. The molecule has 0 spiro atoms. The van der Waals surface area contributed by atoms with Gasteiger partial charge in [-0.1, -0.05) is 25.5 Å². The van der Waals surface area contributed by atoms with Crippen molar-refractivity contribution in [3.8, 4) is 5.75 Å². The number of ether oxygens (including phenoxy) is 1. The van der Waals surface area contributed by atoms with Crippen LogP contribution in [0.15, 0.2) is 24.3 Å². The Bertz CT molecular complexity index is 376. The molecule has 1 aromatic carbocycles. The fourth-order valence-electron chi connectivity index (χ4n) is 1.80. The van der Waals surface area contributed by atoms with Gasteiger partial charge in [-0.05, 0) is 24.1 Å². The number of carbonyl (C=O) groups is 1. The van der Waals surface area contributed by atoms with E-state index in [1.165, 1.54) is 0 Å². The maximum Gasteiger partial charge on any atom is 0.239 e. The number of methoxy groups -OCH3 is 1. The van der Waals surface area contributed by atoms with Gasteiger partial charge in [0.15, 0.2) is 0 Å². The number of carbonyl (C=O) groups excluding carboxylic acids is 1. The van der Waals surface area contributed by atoms with E-state index in [0.29, 0.717) is 6.54 Å². The summed E-state index contributed by atoms with van der Waals surface area (Å²) in [5, 5.41) is 0. The average molecular weight is 250 g/mol. The van der Waals surface area contributed by atoms with Crippen LogP contribution in [0.5, 0.6) is 5.75 Å². The fourth-order valence-corrected chi connectivity index (χ4v) is 1.80. The van der Waals surface area contributed by atoms with Crippen molar-refractivity contribution in [2.75, 3.05) is 14.2 Å². The van der Waals surface area contributed by atoms with Gasteiger partial charge in [-0.15, -0.1) is 0 Å². The highest BCUT2D eigenvalue weighted by Crippen LogP contribution is 2.13. The Kier molecular flexibility index (Phi) is 5.65. The highest BCUT2D eigenvalue weighted by molar-refractivity contribution is 5.81. The number of nitrogens with zero attached hydrogens (tertiary/aromatic N) is 1. The molecule has 0 heterocycles. The van der Waals surface area contributed by atoms with Crippen LogP contribution in [0.2, 0.25) is 0 Å². The van der Waals surface area contributed by atoms with Crippen molar-refractivity contribution in [1.29, 1.82) is 0 Å². The quantitative estimate of drug-likeness (QED) is 0.837. The minimum absolute atomic E-state index is 0.00679. The van der Waals surface area contributed by atoms with Crippen LogP contribution in [0.4, 0.5) is 0 Å². The standard InChI is InChI=1S/C14H22N2O2/c1-4-5-13(15)14(17)16(2)10-11-6-8-12(18-3)9-7-11/h6-9,13H,4-5,10,15H2,1-3H3. The van der Waals surface area contributed by atoms with Gasteiger partial charge in [0.05, 0.1) is 13.2 Å². The van der Waals surface area contributed by atoms with E-state index in [1.54, 1.807) is 19.1 Å². The van der Waals surface area contributed by atoms with Crippen LogP contribution in [-0.4, -0.2) is 31.0 Å². The first-order valence-corrected chi connectivity index (χ1v) is 6.22. The molecule has 1 aromatic rings. The highest BCUT2D eigenvalue weighted by Gasteiger charge is 2.16. The van der Waals surface area contributed by atoms with Crippen LogP contribution < -0.4 is 10.5 Å². The van der Waals surface area contributed by atoms with Gasteiger partial charge < -0.3 is 15.4 Å². The van der Waals surface area contributed by atoms with Crippen molar-refractivity contribution in [2.24, 2.45) is 5.73 Å². The minimum Gasteiger partial charge on any atom is -0.497 e. The van der Waals surface area contributed by atoms with E-state index in [9.17, 15) is 4.79 Å². The largest absolute Gasteiger partial charge is 0.497 e. The Morgan fingerprint density at radius 2 is 2.00 bits per heavy atom. The second kappa shape index (κ2) is 7.01. The molecule has 0 radical (unpaired) electrons. The van der Waals surface area contributed by atoms with Crippen LogP contribution in [-0.2, 0) is 11.3 Å². The zero-order valence-electron chi connectivity index (χ0n) is 11.3. The van der Waals surface area contributed by atoms with Gasteiger partial charge in [0.25, 0.3) is 0 Å². The van der Waals surface area contributed by atoms with E-state index in [0.717, 1.165) is 24.2 Å². The van der Waals surface area contributed by atoms with E-state index in [2.05, 4.69) is 0 Å². The van der Waals surface area contributed by atoms with Crippen molar-refractivity contribution in [1.82, 2.24) is 4.90 Å². The van der Waals surface area contributed by atoms with Gasteiger partial charge in [0.2, 0.25) is 5.91 Å². The first kappa shape index (κ1) is 14.5. The third-order valence-corrected chi connectivity index (χ3v) is 2.87. The average Bonchev–Trinajstić information content (AvgIpc) is 2.39. The topological polar surface area (TPSA) is 55.6 Å². The molecular weight excluding hydrogens is 228 g/mol. The number of amides is 1. The van der Waals surface area contributed by atoms with Gasteiger partial charge in [-0.2, -0.15) is 0 Å². The molecule has 4 heteroatoms. The number of hydrogen-bond acceptors (Lipinski definition) is 3. The Balaban J connectivity index is 2.57. The van der Waals surface area contributed by atoms with Gasteiger partial charge >= 0.3 is 0 Å². The predicted octanol–water partition coefficient (Wildman–Crippen LogP) is 1.78. The molecule has 0 saturated carbocycles. The zero-order valence-corrected chi connectivity index (χ0v) is 11.3. The number of rotatable bonds is 6. The van der Waals surface area contributed by atoms with Crippen molar-refractivity contribution < 1.29 is 9.53 Å². The Morgan fingerprint density at radius 3 is 2.50 bits per heavy atom. The lowest BCUT2D eigenvalue weighted by molar-refractivity contribution is -0.131.